The first-order valence-electron chi connectivity index (χ1n) is 9.88. The van der Waals surface area contributed by atoms with Crippen LogP contribution in [0.1, 0.15) is 57.9 Å². The molecule has 1 heterocycles. The van der Waals surface area contributed by atoms with Gasteiger partial charge in [0.2, 0.25) is 0 Å². The van der Waals surface area contributed by atoms with E-state index in [-0.39, 0.29) is 5.41 Å². The molecule has 0 radical (unpaired) electrons. The fraction of sp³-hybridized carbons (Fsp3) is 0.400. The highest BCUT2D eigenvalue weighted by Gasteiger charge is 2.36. The van der Waals surface area contributed by atoms with Crippen molar-refractivity contribution in [2.75, 3.05) is 0 Å². The van der Waals surface area contributed by atoms with Crippen molar-refractivity contribution in [3.8, 4) is 0 Å². The van der Waals surface area contributed by atoms with Gasteiger partial charge in [-0.05, 0) is 65.2 Å². The van der Waals surface area contributed by atoms with E-state index in [9.17, 15) is 0 Å². The number of hydrogen-bond acceptors (Lipinski definition) is 1. The Kier molecular flexibility index (Phi) is 5.46. The normalized spacial score (nSPS) is 22.9. The third kappa shape index (κ3) is 3.67. The Bertz CT molecular complexity index is 813. The minimum absolute atomic E-state index is 0.113. The second kappa shape index (κ2) is 7.61. The Morgan fingerprint density at radius 1 is 1.12 bits per heavy atom. The third-order valence-corrected chi connectivity index (χ3v) is 5.94. The largest absolute Gasteiger partial charge is 0.257 e. The lowest BCUT2D eigenvalue weighted by molar-refractivity contribution is 0.330. The first-order chi connectivity index (χ1) is 12.4. The Morgan fingerprint density at radius 3 is 2.50 bits per heavy atom. The van der Waals surface area contributed by atoms with Gasteiger partial charge in [-0.2, -0.15) is 0 Å². The molecule has 136 valence electrons. The molecule has 2 aromatic rings. The predicted molar refractivity (Wildman–Crippen MR) is 113 cm³/mol. The first-order valence-corrected chi connectivity index (χ1v) is 9.88. The lowest BCUT2D eigenvalue weighted by atomic mass is 9.65. The van der Waals surface area contributed by atoms with Crippen LogP contribution in [0.3, 0.4) is 0 Å². The molecule has 1 nitrogen and oxygen atoms in total. The van der Waals surface area contributed by atoms with Gasteiger partial charge in [-0.1, -0.05) is 71.0 Å². The molecule has 0 spiro atoms. The van der Waals surface area contributed by atoms with Gasteiger partial charge in [-0.3, -0.25) is 4.98 Å². The summed E-state index contributed by atoms with van der Waals surface area (Å²) in [4.78, 5) is 4.78. The third-order valence-electron chi connectivity index (χ3n) is 5.94. The summed E-state index contributed by atoms with van der Waals surface area (Å²) in [7, 11) is 0. The summed E-state index contributed by atoms with van der Waals surface area (Å²) in [6, 6.07) is 15.2. The van der Waals surface area contributed by atoms with E-state index in [1.807, 2.05) is 6.20 Å². The second-order valence-electron chi connectivity index (χ2n) is 8.25. The van der Waals surface area contributed by atoms with Gasteiger partial charge in [-0.15, -0.1) is 0 Å². The topological polar surface area (TPSA) is 12.9 Å². The summed E-state index contributed by atoms with van der Waals surface area (Å²) < 4.78 is 0. The lowest BCUT2D eigenvalue weighted by Crippen LogP contribution is -2.28. The van der Waals surface area contributed by atoms with Crippen molar-refractivity contribution in [3.63, 3.8) is 0 Å². The maximum Gasteiger partial charge on any atom is 0.0670 e. The van der Waals surface area contributed by atoms with E-state index in [0.717, 1.165) is 18.5 Å². The molecule has 0 saturated heterocycles. The molecular weight excluding hydrogens is 314 g/mol. The molecule has 1 aliphatic carbocycles. The average molecular weight is 346 g/mol. The van der Waals surface area contributed by atoms with Crippen LogP contribution in [0.4, 0.5) is 0 Å². The molecule has 0 fully saturated rings. The van der Waals surface area contributed by atoms with Crippen LogP contribution in [0.25, 0.3) is 11.1 Å². The van der Waals surface area contributed by atoms with Crippen molar-refractivity contribution in [3.05, 3.63) is 77.6 Å². The van der Waals surface area contributed by atoms with E-state index in [4.69, 9.17) is 4.98 Å². The molecule has 1 aliphatic rings. The number of benzene rings is 1. The standard InChI is InChI=1S/C25H31N/c1-6-25(5)19(4)15-22(21-10-8-7-9-11-21)17-23(25)24-16-20(12-13-26-24)14-18(2)3/h7-13,15-19H,6,14H2,1-5H3. The summed E-state index contributed by atoms with van der Waals surface area (Å²) >= 11 is 0. The number of allylic oxidation sites excluding steroid dienone is 4. The molecule has 0 N–H and O–H groups in total. The second-order valence-corrected chi connectivity index (χ2v) is 8.25. The minimum Gasteiger partial charge on any atom is -0.257 e. The SMILES string of the molecule is CCC1(C)C(c2cc(CC(C)C)ccn2)=CC(c2ccccc2)=CC1C. The zero-order valence-corrected chi connectivity index (χ0v) is 16.8. The van der Waals surface area contributed by atoms with Gasteiger partial charge in [0.15, 0.2) is 0 Å². The van der Waals surface area contributed by atoms with Crippen LogP contribution in [-0.4, -0.2) is 4.98 Å². The number of nitrogens with zero attached hydrogens (tertiary/aromatic N) is 1. The molecule has 2 unspecified atom stereocenters. The number of hydrogen-bond donors (Lipinski definition) is 0. The van der Waals surface area contributed by atoms with Crippen molar-refractivity contribution < 1.29 is 0 Å². The van der Waals surface area contributed by atoms with Gasteiger partial charge < -0.3 is 0 Å². The monoisotopic (exact) mass is 345 g/mol. The quantitative estimate of drug-likeness (QED) is 0.580. The molecule has 1 aromatic heterocycles. The van der Waals surface area contributed by atoms with Crippen molar-refractivity contribution in [2.45, 2.75) is 47.5 Å². The van der Waals surface area contributed by atoms with Crippen LogP contribution in [0, 0.1) is 17.3 Å². The summed E-state index contributed by atoms with van der Waals surface area (Å²) in [5, 5.41) is 0. The van der Waals surface area contributed by atoms with Crippen LogP contribution in [0.5, 0.6) is 0 Å². The van der Waals surface area contributed by atoms with E-state index < -0.39 is 0 Å². The van der Waals surface area contributed by atoms with Gasteiger partial charge in [0.1, 0.15) is 0 Å². The molecule has 0 amide bonds. The molecule has 1 heteroatoms. The Labute approximate surface area is 158 Å². The van der Waals surface area contributed by atoms with Crippen LogP contribution >= 0.6 is 0 Å². The fourth-order valence-electron chi connectivity index (χ4n) is 3.98. The van der Waals surface area contributed by atoms with Crippen molar-refractivity contribution >= 4 is 11.1 Å². The van der Waals surface area contributed by atoms with Gasteiger partial charge in [-0.25, -0.2) is 0 Å². The van der Waals surface area contributed by atoms with Crippen molar-refractivity contribution in [1.82, 2.24) is 4.98 Å². The van der Waals surface area contributed by atoms with Gasteiger partial charge in [0.05, 0.1) is 5.69 Å². The van der Waals surface area contributed by atoms with Crippen LogP contribution < -0.4 is 0 Å². The Morgan fingerprint density at radius 2 is 1.85 bits per heavy atom. The maximum absolute atomic E-state index is 4.78. The molecule has 26 heavy (non-hydrogen) atoms. The van der Waals surface area contributed by atoms with Gasteiger partial charge in [0.25, 0.3) is 0 Å². The number of pyridine rings is 1. The molecule has 2 atom stereocenters. The smallest absolute Gasteiger partial charge is 0.0670 e. The van der Waals surface area contributed by atoms with E-state index >= 15 is 0 Å². The fourth-order valence-corrected chi connectivity index (χ4v) is 3.98. The van der Waals surface area contributed by atoms with E-state index in [1.54, 1.807) is 0 Å². The predicted octanol–water partition coefficient (Wildman–Crippen LogP) is 6.81. The lowest BCUT2D eigenvalue weighted by Gasteiger charge is -2.39. The Balaban J connectivity index is 2.09. The molecule has 1 aromatic carbocycles. The molecule has 0 saturated carbocycles. The average Bonchev–Trinajstić information content (AvgIpc) is 2.64. The highest BCUT2D eigenvalue weighted by atomic mass is 14.7. The zero-order valence-electron chi connectivity index (χ0n) is 16.8. The zero-order chi connectivity index (χ0) is 18.7. The molecule has 3 rings (SSSR count). The Hall–Kier alpha value is -2.15. The van der Waals surface area contributed by atoms with E-state index in [0.29, 0.717) is 11.8 Å². The summed E-state index contributed by atoms with van der Waals surface area (Å²) in [5.41, 5.74) is 6.61. The van der Waals surface area contributed by atoms with Crippen LogP contribution in [0.15, 0.2) is 60.8 Å². The van der Waals surface area contributed by atoms with Crippen molar-refractivity contribution in [2.24, 2.45) is 17.3 Å². The van der Waals surface area contributed by atoms with Crippen molar-refractivity contribution in [1.29, 1.82) is 0 Å². The summed E-state index contributed by atoms with van der Waals surface area (Å²) in [6.45, 7) is 11.6. The first kappa shape index (κ1) is 18.6. The van der Waals surface area contributed by atoms with E-state index in [2.05, 4.69) is 89.2 Å². The summed E-state index contributed by atoms with van der Waals surface area (Å²) in [5.74, 6) is 1.13. The highest BCUT2D eigenvalue weighted by molar-refractivity contribution is 5.87. The summed E-state index contributed by atoms with van der Waals surface area (Å²) in [6.07, 6.45) is 8.99. The minimum atomic E-state index is 0.113. The highest BCUT2D eigenvalue weighted by Crippen LogP contribution is 2.49. The van der Waals surface area contributed by atoms with Gasteiger partial charge in [0, 0.05) is 11.6 Å². The number of rotatable bonds is 5. The molecule has 0 bridgehead atoms. The maximum atomic E-state index is 4.78. The van der Waals surface area contributed by atoms with Crippen LogP contribution in [0.2, 0.25) is 0 Å². The van der Waals surface area contributed by atoms with E-state index in [1.165, 1.54) is 22.3 Å². The molecular formula is C25H31N. The van der Waals surface area contributed by atoms with Gasteiger partial charge >= 0.3 is 0 Å². The molecule has 0 aliphatic heterocycles. The number of aromatic nitrogens is 1. The van der Waals surface area contributed by atoms with Crippen LogP contribution in [-0.2, 0) is 6.42 Å².